The molecule has 112 valence electrons. The van der Waals surface area contributed by atoms with E-state index in [1.165, 1.54) is 13.2 Å². The Kier molecular flexibility index (Phi) is 3.95. The van der Waals surface area contributed by atoms with Gasteiger partial charge in [0.1, 0.15) is 12.4 Å². The molecule has 0 fully saturated rings. The maximum atomic E-state index is 13.6. The lowest BCUT2D eigenvalue weighted by Crippen LogP contribution is -2.00. The van der Waals surface area contributed by atoms with Gasteiger partial charge in [-0.3, -0.25) is 0 Å². The minimum Gasteiger partial charge on any atom is -0.493 e. The van der Waals surface area contributed by atoms with E-state index in [9.17, 15) is 4.39 Å². The number of methoxy groups -OCH3 is 1. The van der Waals surface area contributed by atoms with Crippen molar-refractivity contribution < 1.29 is 13.9 Å². The lowest BCUT2D eigenvalue weighted by Gasteiger charge is -2.11. The van der Waals surface area contributed by atoms with Gasteiger partial charge >= 0.3 is 0 Å². The fourth-order valence-electron chi connectivity index (χ4n) is 1.98. The van der Waals surface area contributed by atoms with E-state index >= 15 is 0 Å². The first-order chi connectivity index (χ1) is 10.8. The molecule has 1 heterocycles. The van der Waals surface area contributed by atoms with E-state index in [4.69, 9.17) is 9.47 Å². The van der Waals surface area contributed by atoms with Gasteiger partial charge in [-0.2, -0.15) is 5.21 Å². The van der Waals surface area contributed by atoms with E-state index in [1.807, 2.05) is 0 Å². The smallest absolute Gasteiger partial charge is 0.204 e. The van der Waals surface area contributed by atoms with Crippen LogP contribution in [0.25, 0.3) is 11.4 Å². The van der Waals surface area contributed by atoms with Crippen LogP contribution in [0.3, 0.4) is 0 Å². The number of benzene rings is 2. The van der Waals surface area contributed by atoms with Gasteiger partial charge in [-0.15, -0.1) is 10.2 Å². The van der Waals surface area contributed by atoms with E-state index < -0.39 is 0 Å². The Bertz CT molecular complexity index is 762. The van der Waals surface area contributed by atoms with Crippen LogP contribution in [0.15, 0.2) is 42.5 Å². The van der Waals surface area contributed by atoms with Crippen molar-refractivity contribution >= 4 is 0 Å². The highest BCUT2D eigenvalue weighted by Crippen LogP contribution is 2.31. The second-order valence-electron chi connectivity index (χ2n) is 4.48. The summed E-state index contributed by atoms with van der Waals surface area (Å²) >= 11 is 0. The molecule has 0 atom stereocenters. The van der Waals surface area contributed by atoms with Gasteiger partial charge in [0, 0.05) is 11.1 Å². The Morgan fingerprint density at radius 2 is 2.00 bits per heavy atom. The molecule has 0 aliphatic carbocycles. The predicted octanol–water partition coefficient (Wildman–Crippen LogP) is 2.59. The molecule has 0 saturated carbocycles. The van der Waals surface area contributed by atoms with Crippen LogP contribution >= 0.6 is 0 Å². The van der Waals surface area contributed by atoms with Crippen LogP contribution in [0.5, 0.6) is 11.5 Å². The summed E-state index contributed by atoms with van der Waals surface area (Å²) in [5.74, 6) is 1.18. The average Bonchev–Trinajstić information content (AvgIpc) is 3.08. The van der Waals surface area contributed by atoms with Gasteiger partial charge in [0.15, 0.2) is 11.5 Å². The summed E-state index contributed by atoms with van der Waals surface area (Å²) in [4.78, 5) is 0. The molecule has 0 amide bonds. The maximum absolute atomic E-state index is 13.6. The summed E-state index contributed by atoms with van der Waals surface area (Å²) in [5.41, 5.74) is 1.22. The van der Waals surface area contributed by atoms with Crippen LogP contribution in [-0.2, 0) is 6.61 Å². The topological polar surface area (TPSA) is 72.9 Å². The maximum Gasteiger partial charge on any atom is 0.204 e. The molecule has 1 aromatic heterocycles. The SMILES string of the molecule is COc1cc(-c2nn[nH]n2)ccc1OCc1ccccc1F. The summed E-state index contributed by atoms with van der Waals surface area (Å²) in [6, 6.07) is 11.7. The molecule has 0 spiro atoms. The number of rotatable bonds is 5. The first-order valence-corrected chi connectivity index (χ1v) is 6.56. The van der Waals surface area contributed by atoms with Gasteiger partial charge in [-0.25, -0.2) is 4.39 Å². The molecule has 3 rings (SSSR count). The fourth-order valence-corrected chi connectivity index (χ4v) is 1.98. The third kappa shape index (κ3) is 2.88. The molecule has 0 aliphatic rings. The highest BCUT2D eigenvalue weighted by atomic mass is 19.1. The summed E-state index contributed by atoms with van der Waals surface area (Å²) in [6.45, 7) is 0.116. The summed E-state index contributed by atoms with van der Waals surface area (Å²) in [5, 5.41) is 13.7. The monoisotopic (exact) mass is 300 g/mol. The zero-order valence-corrected chi connectivity index (χ0v) is 11.8. The first kappa shape index (κ1) is 14.0. The summed E-state index contributed by atoms with van der Waals surface area (Å²) < 4.78 is 24.5. The van der Waals surface area contributed by atoms with Crippen LogP contribution in [-0.4, -0.2) is 27.7 Å². The third-order valence-electron chi connectivity index (χ3n) is 3.11. The standard InChI is InChI=1S/C15H13FN4O2/c1-21-14-8-10(15-17-19-20-18-15)6-7-13(14)22-9-11-4-2-3-5-12(11)16/h2-8H,9H2,1H3,(H,17,18,19,20). The van der Waals surface area contributed by atoms with E-state index in [0.717, 1.165) is 5.56 Å². The number of hydrogen-bond donors (Lipinski definition) is 1. The summed E-state index contributed by atoms with van der Waals surface area (Å²) in [7, 11) is 1.53. The van der Waals surface area contributed by atoms with Crippen molar-refractivity contribution in [3.05, 3.63) is 53.8 Å². The van der Waals surface area contributed by atoms with Crippen molar-refractivity contribution in [2.45, 2.75) is 6.61 Å². The Balaban J connectivity index is 1.81. The number of aromatic nitrogens is 4. The Hall–Kier alpha value is -2.96. The molecule has 7 heteroatoms. The van der Waals surface area contributed by atoms with Crippen LogP contribution in [0.4, 0.5) is 4.39 Å². The van der Waals surface area contributed by atoms with Gasteiger partial charge < -0.3 is 9.47 Å². The minimum atomic E-state index is -0.301. The molecular formula is C15H13FN4O2. The van der Waals surface area contributed by atoms with Crippen LogP contribution in [0.2, 0.25) is 0 Å². The largest absolute Gasteiger partial charge is 0.493 e. The molecule has 6 nitrogen and oxygen atoms in total. The number of nitrogens with zero attached hydrogens (tertiary/aromatic N) is 3. The van der Waals surface area contributed by atoms with E-state index in [0.29, 0.717) is 22.9 Å². The predicted molar refractivity (Wildman–Crippen MR) is 76.9 cm³/mol. The first-order valence-electron chi connectivity index (χ1n) is 6.56. The number of hydrogen-bond acceptors (Lipinski definition) is 5. The second-order valence-corrected chi connectivity index (χ2v) is 4.48. The second kappa shape index (κ2) is 6.21. The molecular weight excluding hydrogens is 287 g/mol. The molecule has 0 bridgehead atoms. The van der Waals surface area contributed by atoms with Gasteiger partial charge in [0.2, 0.25) is 5.82 Å². The minimum absolute atomic E-state index is 0.116. The van der Waals surface area contributed by atoms with Gasteiger partial charge in [-0.05, 0) is 29.5 Å². The average molecular weight is 300 g/mol. The van der Waals surface area contributed by atoms with Gasteiger partial charge in [0.05, 0.1) is 7.11 Å². The van der Waals surface area contributed by atoms with Gasteiger partial charge in [0.25, 0.3) is 0 Å². The number of halogens is 1. The normalized spacial score (nSPS) is 10.5. The zero-order chi connectivity index (χ0) is 15.4. The highest BCUT2D eigenvalue weighted by molar-refractivity contribution is 5.60. The van der Waals surface area contributed by atoms with E-state index in [1.54, 1.807) is 36.4 Å². The molecule has 0 saturated heterocycles. The number of aromatic amines is 1. The van der Waals surface area contributed by atoms with Crippen molar-refractivity contribution in [1.82, 2.24) is 20.6 Å². The number of ether oxygens (including phenoxy) is 2. The quantitative estimate of drug-likeness (QED) is 0.784. The lowest BCUT2D eigenvalue weighted by atomic mass is 10.2. The molecule has 0 unspecified atom stereocenters. The van der Waals surface area contributed by atoms with Crippen molar-refractivity contribution in [1.29, 1.82) is 0 Å². The van der Waals surface area contributed by atoms with Crippen LogP contribution in [0, 0.1) is 5.82 Å². The molecule has 0 radical (unpaired) electrons. The lowest BCUT2D eigenvalue weighted by molar-refractivity contribution is 0.280. The Morgan fingerprint density at radius 3 is 2.73 bits per heavy atom. The molecule has 1 N–H and O–H groups in total. The third-order valence-corrected chi connectivity index (χ3v) is 3.11. The van der Waals surface area contributed by atoms with Crippen LogP contribution in [0.1, 0.15) is 5.56 Å². The molecule has 0 aliphatic heterocycles. The summed E-state index contributed by atoms with van der Waals surface area (Å²) in [6.07, 6.45) is 0. The van der Waals surface area contributed by atoms with E-state index in [-0.39, 0.29) is 12.4 Å². The molecule has 2 aromatic carbocycles. The van der Waals surface area contributed by atoms with Gasteiger partial charge in [-0.1, -0.05) is 18.2 Å². The van der Waals surface area contributed by atoms with Crippen molar-refractivity contribution in [2.75, 3.05) is 7.11 Å². The zero-order valence-electron chi connectivity index (χ0n) is 11.8. The van der Waals surface area contributed by atoms with Crippen molar-refractivity contribution in [3.63, 3.8) is 0 Å². The Morgan fingerprint density at radius 1 is 1.14 bits per heavy atom. The number of nitrogens with one attached hydrogen (secondary N) is 1. The number of tetrazole rings is 1. The van der Waals surface area contributed by atoms with Crippen LogP contribution < -0.4 is 9.47 Å². The highest BCUT2D eigenvalue weighted by Gasteiger charge is 2.10. The van der Waals surface area contributed by atoms with Crippen molar-refractivity contribution in [3.8, 4) is 22.9 Å². The molecule has 3 aromatic rings. The fraction of sp³-hybridized carbons (Fsp3) is 0.133. The number of H-pyrrole nitrogens is 1. The van der Waals surface area contributed by atoms with Crippen molar-refractivity contribution in [2.24, 2.45) is 0 Å². The van der Waals surface area contributed by atoms with E-state index in [2.05, 4.69) is 20.6 Å². The Labute approximate surface area is 125 Å². The molecule has 22 heavy (non-hydrogen) atoms.